The molecule has 0 atom stereocenters. The molecular formula is C20H18N2O4S. The number of hydrogen-bond acceptors (Lipinski definition) is 4. The van der Waals surface area contributed by atoms with Gasteiger partial charge in [-0.1, -0.05) is 48.0 Å². The number of nitro benzene ring substituents is 1. The molecule has 0 aliphatic carbocycles. The van der Waals surface area contributed by atoms with Gasteiger partial charge in [-0.25, -0.2) is 8.42 Å². The molecule has 0 saturated carbocycles. The fraction of sp³-hybridized carbons (Fsp3) is 0.100. The van der Waals surface area contributed by atoms with Crippen LogP contribution in [0.25, 0.3) is 0 Å². The van der Waals surface area contributed by atoms with Crippen molar-refractivity contribution in [2.24, 2.45) is 0 Å². The molecule has 3 aromatic carbocycles. The molecule has 138 valence electrons. The van der Waals surface area contributed by atoms with E-state index in [0.717, 1.165) is 11.1 Å². The standard InChI is InChI=1S/C20H18N2O4S/c1-16-7-13-20(14-8-16)27(25,26)21(15-17-5-3-2-4-6-17)18-9-11-19(12-10-18)22(23)24/h2-14H,15H2,1H3. The van der Waals surface area contributed by atoms with Gasteiger partial charge in [0.15, 0.2) is 0 Å². The molecule has 3 rings (SSSR count). The van der Waals surface area contributed by atoms with Crippen LogP contribution in [-0.2, 0) is 16.6 Å². The van der Waals surface area contributed by atoms with Gasteiger partial charge in [0, 0.05) is 12.1 Å². The lowest BCUT2D eigenvalue weighted by atomic mass is 10.2. The molecule has 0 unspecified atom stereocenters. The highest BCUT2D eigenvalue weighted by atomic mass is 32.2. The van der Waals surface area contributed by atoms with Crippen LogP contribution in [0.2, 0.25) is 0 Å². The molecule has 0 heterocycles. The van der Waals surface area contributed by atoms with Crippen LogP contribution >= 0.6 is 0 Å². The van der Waals surface area contributed by atoms with E-state index >= 15 is 0 Å². The summed E-state index contributed by atoms with van der Waals surface area (Å²) < 4.78 is 27.8. The van der Waals surface area contributed by atoms with Crippen molar-refractivity contribution in [3.63, 3.8) is 0 Å². The van der Waals surface area contributed by atoms with E-state index in [1.165, 1.54) is 28.6 Å². The number of nitrogens with zero attached hydrogens (tertiary/aromatic N) is 2. The van der Waals surface area contributed by atoms with Crippen LogP contribution in [0, 0.1) is 17.0 Å². The van der Waals surface area contributed by atoms with E-state index in [9.17, 15) is 18.5 Å². The number of sulfonamides is 1. The van der Waals surface area contributed by atoms with Crippen LogP contribution in [0.3, 0.4) is 0 Å². The number of benzene rings is 3. The third-order valence-corrected chi connectivity index (χ3v) is 5.91. The monoisotopic (exact) mass is 382 g/mol. The average Bonchev–Trinajstić information content (AvgIpc) is 2.67. The lowest BCUT2D eigenvalue weighted by Gasteiger charge is -2.24. The Morgan fingerprint density at radius 3 is 2.04 bits per heavy atom. The van der Waals surface area contributed by atoms with Gasteiger partial charge in [-0.15, -0.1) is 0 Å². The molecule has 3 aromatic rings. The zero-order valence-electron chi connectivity index (χ0n) is 14.6. The Bertz CT molecular complexity index is 1030. The topological polar surface area (TPSA) is 80.5 Å². The molecule has 27 heavy (non-hydrogen) atoms. The Kier molecular flexibility index (Phi) is 5.23. The van der Waals surface area contributed by atoms with Crippen molar-refractivity contribution < 1.29 is 13.3 Å². The maximum atomic E-state index is 13.3. The van der Waals surface area contributed by atoms with Crippen LogP contribution in [-0.4, -0.2) is 13.3 Å². The number of nitro groups is 1. The van der Waals surface area contributed by atoms with Gasteiger partial charge in [-0.2, -0.15) is 0 Å². The van der Waals surface area contributed by atoms with Crippen LogP contribution < -0.4 is 4.31 Å². The molecule has 0 bridgehead atoms. The zero-order chi connectivity index (χ0) is 19.4. The summed E-state index contributed by atoms with van der Waals surface area (Å²) in [5.74, 6) is 0. The predicted octanol–water partition coefficient (Wildman–Crippen LogP) is 4.30. The number of hydrogen-bond donors (Lipinski definition) is 0. The Hall–Kier alpha value is -3.19. The fourth-order valence-electron chi connectivity index (χ4n) is 2.64. The minimum absolute atomic E-state index is 0.0915. The minimum Gasteiger partial charge on any atom is -0.262 e. The second-order valence-corrected chi connectivity index (χ2v) is 7.95. The van der Waals surface area contributed by atoms with E-state index in [1.807, 2.05) is 37.3 Å². The van der Waals surface area contributed by atoms with Gasteiger partial charge in [0.2, 0.25) is 0 Å². The van der Waals surface area contributed by atoms with Gasteiger partial charge in [-0.3, -0.25) is 14.4 Å². The molecule has 0 N–H and O–H groups in total. The van der Waals surface area contributed by atoms with Crippen LogP contribution in [0.1, 0.15) is 11.1 Å². The Balaban J connectivity index is 2.06. The molecule has 6 nitrogen and oxygen atoms in total. The summed E-state index contributed by atoms with van der Waals surface area (Å²) in [6, 6.07) is 21.3. The first kappa shape index (κ1) is 18.6. The number of aryl methyl sites for hydroxylation is 1. The SMILES string of the molecule is Cc1ccc(S(=O)(=O)N(Cc2ccccc2)c2ccc([N+](=O)[O-])cc2)cc1. The third kappa shape index (κ3) is 4.15. The van der Waals surface area contributed by atoms with Crippen LogP contribution in [0.4, 0.5) is 11.4 Å². The van der Waals surface area contributed by atoms with Crippen molar-refractivity contribution in [1.82, 2.24) is 0 Å². The summed E-state index contributed by atoms with van der Waals surface area (Å²) in [6.45, 7) is 2.00. The van der Waals surface area contributed by atoms with Gasteiger partial charge in [0.1, 0.15) is 0 Å². The minimum atomic E-state index is -3.84. The first-order chi connectivity index (χ1) is 12.9. The van der Waals surface area contributed by atoms with E-state index < -0.39 is 14.9 Å². The van der Waals surface area contributed by atoms with Gasteiger partial charge < -0.3 is 0 Å². The van der Waals surface area contributed by atoms with Gasteiger partial charge >= 0.3 is 0 Å². The van der Waals surface area contributed by atoms with Gasteiger partial charge in [-0.05, 0) is 36.8 Å². The summed E-state index contributed by atoms with van der Waals surface area (Å²) in [5, 5.41) is 10.9. The number of rotatable bonds is 6. The van der Waals surface area contributed by atoms with Crippen molar-refractivity contribution in [2.45, 2.75) is 18.4 Å². The van der Waals surface area contributed by atoms with E-state index in [1.54, 1.807) is 24.3 Å². The maximum Gasteiger partial charge on any atom is 0.269 e. The average molecular weight is 382 g/mol. The Morgan fingerprint density at radius 1 is 0.889 bits per heavy atom. The fourth-order valence-corrected chi connectivity index (χ4v) is 4.10. The Morgan fingerprint density at radius 2 is 1.48 bits per heavy atom. The second-order valence-electron chi connectivity index (χ2n) is 6.08. The largest absolute Gasteiger partial charge is 0.269 e. The number of non-ortho nitro benzene ring substituents is 1. The molecule has 7 heteroatoms. The van der Waals surface area contributed by atoms with Crippen LogP contribution in [0.5, 0.6) is 0 Å². The molecular weight excluding hydrogens is 364 g/mol. The highest BCUT2D eigenvalue weighted by Crippen LogP contribution is 2.28. The molecule has 0 amide bonds. The van der Waals surface area contributed by atoms with Crippen LogP contribution in [0.15, 0.2) is 83.8 Å². The lowest BCUT2D eigenvalue weighted by molar-refractivity contribution is -0.384. The quantitative estimate of drug-likeness (QED) is 0.470. The third-order valence-electron chi connectivity index (χ3n) is 4.13. The summed E-state index contributed by atoms with van der Waals surface area (Å²) in [6.07, 6.45) is 0. The Labute approximate surface area is 157 Å². The molecule has 0 radical (unpaired) electrons. The molecule has 0 saturated heterocycles. The summed E-state index contributed by atoms with van der Waals surface area (Å²) in [5.41, 5.74) is 2.04. The van der Waals surface area contributed by atoms with E-state index in [0.29, 0.717) is 5.69 Å². The maximum absolute atomic E-state index is 13.3. The predicted molar refractivity (Wildman–Crippen MR) is 104 cm³/mol. The summed E-state index contributed by atoms with van der Waals surface area (Å²) in [7, 11) is -3.84. The van der Waals surface area contributed by atoms with E-state index in [4.69, 9.17) is 0 Å². The van der Waals surface area contributed by atoms with Crippen molar-refractivity contribution in [3.8, 4) is 0 Å². The van der Waals surface area contributed by atoms with E-state index in [-0.39, 0.29) is 17.1 Å². The molecule has 0 fully saturated rings. The van der Waals surface area contributed by atoms with E-state index in [2.05, 4.69) is 0 Å². The van der Waals surface area contributed by atoms with Crippen molar-refractivity contribution in [2.75, 3.05) is 4.31 Å². The highest BCUT2D eigenvalue weighted by Gasteiger charge is 2.25. The molecule has 0 spiro atoms. The second kappa shape index (κ2) is 7.59. The highest BCUT2D eigenvalue weighted by molar-refractivity contribution is 7.92. The molecule has 0 aliphatic heterocycles. The first-order valence-corrected chi connectivity index (χ1v) is 9.70. The summed E-state index contributed by atoms with van der Waals surface area (Å²) >= 11 is 0. The van der Waals surface area contributed by atoms with Crippen molar-refractivity contribution in [1.29, 1.82) is 0 Å². The molecule has 0 aromatic heterocycles. The van der Waals surface area contributed by atoms with Crippen molar-refractivity contribution in [3.05, 3.63) is 100 Å². The molecule has 0 aliphatic rings. The van der Waals surface area contributed by atoms with Crippen molar-refractivity contribution >= 4 is 21.4 Å². The normalized spacial score (nSPS) is 11.1. The smallest absolute Gasteiger partial charge is 0.262 e. The summed E-state index contributed by atoms with van der Waals surface area (Å²) in [4.78, 5) is 10.6. The van der Waals surface area contributed by atoms with Gasteiger partial charge in [0.25, 0.3) is 15.7 Å². The lowest BCUT2D eigenvalue weighted by Crippen LogP contribution is -2.30. The first-order valence-electron chi connectivity index (χ1n) is 8.26. The van der Waals surface area contributed by atoms with Gasteiger partial charge in [0.05, 0.1) is 22.1 Å². The number of anilines is 1. The zero-order valence-corrected chi connectivity index (χ0v) is 15.5.